The molecule has 1 aromatic carbocycles. The highest BCUT2D eigenvalue weighted by Gasteiger charge is 2.26. The number of fused-ring (bicyclic) bond motifs is 1. The van der Waals surface area contributed by atoms with Crippen LogP contribution < -0.4 is 5.32 Å². The summed E-state index contributed by atoms with van der Waals surface area (Å²) in [5.74, 6) is -0.155. The molecular weight excluding hydrogens is 325 g/mol. The third-order valence-electron chi connectivity index (χ3n) is 4.33. The topological polar surface area (TPSA) is 85.8 Å². The molecular formula is C17H16FN5O2. The van der Waals surface area contributed by atoms with Crippen LogP contribution in [0.15, 0.2) is 41.3 Å². The Hall–Kier alpha value is -3.03. The molecule has 0 fully saturated rings. The number of carbonyl (C=O) groups is 1. The van der Waals surface area contributed by atoms with E-state index in [2.05, 4.69) is 25.0 Å². The van der Waals surface area contributed by atoms with Gasteiger partial charge in [0, 0.05) is 37.3 Å². The minimum absolute atomic E-state index is 0.0104. The Morgan fingerprint density at radius 1 is 1.36 bits per heavy atom. The van der Waals surface area contributed by atoms with Gasteiger partial charge in [-0.3, -0.25) is 4.79 Å². The number of amides is 1. The highest BCUT2D eigenvalue weighted by Crippen LogP contribution is 2.27. The Bertz CT molecular complexity index is 887. The van der Waals surface area contributed by atoms with Crippen LogP contribution in [0.2, 0.25) is 0 Å². The van der Waals surface area contributed by atoms with E-state index in [9.17, 15) is 9.18 Å². The van der Waals surface area contributed by atoms with Crippen molar-refractivity contribution < 1.29 is 13.7 Å². The van der Waals surface area contributed by atoms with E-state index in [1.807, 2.05) is 12.5 Å². The van der Waals surface area contributed by atoms with Crippen molar-refractivity contribution in [3.05, 3.63) is 65.6 Å². The number of halogens is 1. The predicted octanol–water partition coefficient (Wildman–Crippen LogP) is 2.07. The van der Waals surface area contributed by atoms with Crippen molar-refractivity contribution in [1.29, 1.82) is 0 Å². The van der Waals surface area contributed by atoms with Gasteiger partial charge < -0.3 is 14.4 Å². The van der Waals surface area contributed by atoms with Gasteiger partial charge in [-0.2, -0.15) is 4.98 Å². The van der Waals surface area contributed by atoms with Gasteiger partial charge in [-0.1, -0.05) is 17.3 Å². The first-order valence-corrected chi connectivity index (χ1v) is 8.04. The van der Waals surface area contributed by atoms with Gasteiger partial charge in [0.25, 0.3) is 11.7 Å². The van der Waals surface area contributed by atoms with E-state index in [0.717, 1.165) is 30.6 Å². The summed E-state index contributed by atoms with van der Waals surface area (Å²) in [7, 11) is 0. The fourth-order valence-corrected chi connectivity index (χ4v) is 2.94. The monoisotopic (exact) mass is 341 g/mol. The summed E-state index contributed by atoms with van der Waals surface area (Å²) in [6, 6.07) is 5.92. The van der Waals surface area contributed by atoms with E-state index < -0.39 is 5.91 Å². The summed E-state index contributed by atoms with van der Waals surface area (Å²) in [6.45, 7) is 1.11. The lowest BCUT2D eigenvalue weighted by Gasteiger charge is -2.20. The number of rotatable bonds is 4. The van der Waals surface area contributed by atoms with Crippen LogP contribution in [-0.4, -0.2) is 25.6 Å². The van der Waals surface area contributed by atoms with Gasteiger partial charge in [-0.05, 0) is 24.1 Å². The van der Waals surface area contributed by atoms with E-state index >= 15 is 0 Å². The second kappa shape index (κ2) is 6.46. The maximum atomic E-state index is 12.9. The van der Waals surface area contributed by atoms with E-state index in [0.29, 0.717) is 5.89 Å². The lowest BCUT2D eigenvalue weighted by atomic mass is 9.96. The van der Waals surface area contributed by atoms with Gasteiger partial charge in [0.1, 0.15) is 5.82 Å². The first kappa shape index (κ1) is 15.5. The molecule has 3 aromatic rings. The summed E-state index contributed by atoms with van der Waals surface area (Å²) in [5.41, 5.74) is 1.91. The summed E-state index contributed by atoms with van der Waals surface area (Å²) in [6.07, 6.45) is 5.27. The van der Waals surface area contributed by atoms with Crippen LogP contribution in [0, 0.1) is 5.82 Å². The molecule has 1 aliphatic heterocycles. The van der Waals surface area contributed by atoms with Crippen molar-refractivity contribution in [2.24, 2.45) is 0 Å². The second-order valence-corrected chi connectivity index (χ2v) is 6.03. The number of aromatic nitrogens is 4. The minimum atomic E-state index is -0.417. The Kier molecular flexibility index (Phi) is 4.01. The highest BCUT2D eigenvalue weighted by molar-refractivity contribution is 5.90. The molecule has 1 unspecified atom stereocenters. The molecule has 1 amide bonds. The molecule has 128 valence electrons. The minimum Gasteiger partial charge on any atom is -0.345 e. The molecule has 0 aliphatic carbocycles. The predicted molar refractivity (Wildman–Crippen MR) is 85.2 cm³/mol. The van der Waals surface area contributed by atoms with E-state index in [1.165, 1.54) is 12.1 Å². The van der Waals surface area contributed by atoms with Gasteiger partial charge in [0.15, 0.2) is 0 Å². The normalized spacial score (nSPS) is 16.4. The molecule has 3 heterocycles. The molecule has 0 saturated carbocycles. The number of aryl methyl sites for hydroxylation is 1. The van der Waals surface area contributed by atoms with Crippen LogP contribution in [-0.2, 0) is 19.5 Å². The third-order valence-corrected chi connectivity index (χ3v) is 4.33. The number of carbonyl (C=O) groups excluding carboxylic acids is 1. The van der Waals surface area contributed by atoms with Crippen molar-refractivity contribution in [3.8, 4) is 0 Å². The number of nitrogens with zero attached hydrogens (tertiary/aromatic N) is 4. The maximum absolute atomic E-state index is 12.9. The second-order valence-electron chi connectivity index (χ2n) is 6.03. The molecule has 0 spiro atoms. The number of imidazole rings is 1. The number of nitrogens with one attached hydrogen (secondary N) is 1. The molecule has 0 radical (unpaired) electrons. The smallest absolute Gasteiger partial charge is 0.292 e. The Morgan fingerprint density at radius 3 is 3.04 bits per heavy atom. The molecule has 1 atom stereocenters. The Morgan fingerprint density at radius 2 is 2.20 bits per heavy atom. The van der Waals surface area contributed by atoms with Crippen LogP contribution in [0.3, 0.4) is 0 Å². The number of hydrogen-bond donors (Lipinski definition) is 1. The Labute approximate surface area is 142 Å². The van der Waals surface area contributed by atoms with E-state index in [4.69, 9.17) is 4.52 Å². The fourth-order valence-electron chi connectivity index (χ4n) is 2.94. The number of hydrogen-bond acceptors (Lipinski definition) is 5. The fraction of sp³-hybridized carbons (Fsp3) is 0.294. The van der Waals surface area contributed by atoms with Gasteiger partial charge in [-0.25, -0.2) is 9.37 Å². The molecule has 0 bridgehead atoms. The standard InChI is InChI=1S/C17H16FN5O2/c18-13-3-1-11(2-4-13)8-20-16(24)15-21-17(25-22-15)12-5-6-23-10-19-9-14(23)7-12/h1-4,9-10,12H,5-8H2,(H,20,24). The van der Waals surface area contributed by atoms with E-state index in [-0.39, 0.29) is 24.1 Å². The first-order valence-electron chi connectivity index (χ1n) is 8.04. The quantitative estimate of drug-likeness (QED) is 0.785. The van der Waals surface area contributed by atoms with Crippen LogP contribution in [0.1, 0.15) is 40.1 Å². The zero-order chi connectivity index (χ0) is 17.2. The van der Waals surface area contributed by atoms with Crippen molar-refractivity contribution in [2.75, 3.05) is 0 Å². The first-order chi connectivity index (χ1) is 12.2. The molecule has 25 heavy (non-hydrogen) atoms. The largest absolute Gasteiger partial charge is 0.345 e. The molecule has 4 rings (SSSR count). The zero-order valence-corrected chi connectivity index (χ0v) is 13.4. The van der Waals surface area contributed by atoms with Crippen LogP contribution >= 0.6 is 0 Å². The van der Waals surface area contributed by atoms with Crippen LogP contribution in [0.5, 0.6) is 0 Å². The maximum Gasteiger partial charge on any atom is 0.292 e. The molecule has 0 saturated heterocycles. The summed E-state index contributed by atoms with van der Waals surface area (Å²) >= 11 is 0. The highest BCUT2D eigenvalue weighted by atomic mass is 19.1. The molecule has 1 aliphatic rings. The number of benzene rings is 1. The molecule has 8 heteroatoms. The summed E-state index contributed by atoms with van der Waals surface area (Å²) < 4.78 is 20.3. The van der Waals surface area contributed by atoms with Crippen molar-refractivity contribution in [2.45, 2.75) is 31.8 Å². The van der Waals surface area contributed by atoms with Crippen molar-refractivity contribution in [1.82, 2.24) is 25.0 Å². The third kappa shape index (κ3) is 3.28. The Balaban J connectivity index is 1.39. The van der Waals surface area contributed by atoms with Crippen LogP contribution in [0.25, 0.3) is 0 Å². The van der Waals surface area contributed by atoms with Crippen molar-refractivity contribution >= 4 is 5.91 Å². The van der Waals surface area contributed by atoms with Crippen LogP contribution in [0.4, 0.5) is 4.39 Å². The molecule has 2 aromatic heterocycles. The molecule has 7 nitrogen and oxygen atoms in total. The summed E-state index contributed by atoms with van der Waals surface area (Å²) in [4.78, 5) is 20.5. The summed E-state index contributed by atoms with van der Waals surface area (Å²) in [5, 5.41) is 6.48. The lowest BCUT2D eigenvalue weighted by molar-refractivity contribution is 0.0937. The van der Waals surface area contributed by atoms with Crippen molar-refractivity contribution in [3.63, 3.8) is 0 Å². The SMILES string of the molecule is O=C(NCc1ccc(F)cc1)c1noc(C2CCn3cncc3C2)n1. The van der Waals surface area contributed by atoms with Gasteiger partial charge in [0.05, 0.1) is 6.33 Å². The lowest BCUT2D eigenvalue weighted by Crippen LogP contribution is -2.24. The zero-order valence-electron chi connectivity index (χ0n) is 13.4. The average molecular weight is 341 g/mol. The average Bonchev–Trinajstić information content (AvgIpc) is 3.29. The van der Waals surface area contributed by atoms with Gasteiger partial charge in [0.2, 0.25) is 5.89 Å². The van der Waals surface area contributed by atoms with Gasteiger partial charge >= 0.3 is 0 Å². The van der Waals surface area contributed by atoms with Gasteiger partial charge in [-0.15, -0.1) is 0 Å². The van der Waals surface area contributed by atoms with E-state index in [1.54, 1.807) is 12.1 Å². The molecule has 1 N–H and O–H groups in total.